The molecule has 0 N–H and O–H groups in total. The van der Waals surface area contributed by atoms with Gasteiger partial charge in [-0.25, -0.2) is 9.67 Å². The van der Waals surface area contributed by atoms with Crippen molar-refractivity contribution in [3.05, 3.63) is 42.0 Å². The van der Waals surface area contributed by atoms with Crippen LogP contribution in [-0.2, 0) is 0 Å². The summed E-state index contributed by atoms with van der Waals surface area (Å²) in [6.45, 7) is 1.89. The molecule has 1 aromatic heterocycles. The minimum absolute atomic E-state index is 0.679. The van der Waals surface area contributed by atoms with Crippen molar-refractivity contribution in [3.63, 3.8) is 0 Å². The maximum absolute atomic E-state index is 10.7. The summed E-state index contributed by atoms with van der Waals surface area (Å²) in [5, 5.41) is 4.01. The van der Waals surface area contributed by atoms with Gasteiger partial charge in [0.25, 0.3) is 0 Å². The standard InChI is InChI=1S/C10H9N3O/c1-8-9(5-14)3-2-4-10(8)13-7-11-6-12-13/h2-7H,1H3. The molecule has 0 fully saturated rings. The molecule has 0 radical (unpaired) electrons. The van der Waals surface area contributed by atoms with Crippen molar-refractivity contribution in [3.8, 4) is 5.69 Å². The van der Waals surface area contributed by atoms with Crippen LogP contribution >= 0.6 is 0 Å². The van der Waals surface area contributed by atoms with E-state index < -0.39 is 0 Å². The third-order valence-corrected chi connectivity index (χ3v) is 2.14. The van der Waals surface area contributed by atoms with Gasteiger partial charge in [0, 0.05) is 5.56 Å². The molecule has 2 aromatic rings. The number of rotatable bonds is 2. The molecule has 0 aliphatic rings. The van der Waals surface area contributed by atoms with Gasteiger partial charge in [0.05, 0.1) is 5.69 Å². The number of hydrogen-bond donors (Lipinski definition) is 0. The lowest BCUT2D eigenvalue weighted by atomic mass is 10.1. The Morgan fingerprint density at radius 1 is 1.43 bits per heavy atom. The fourth-order valence-electron chi connectivity index (χ4n) is 1.35. The molecule has 0 saturated heterocycles. The first kappa shape index (κ1) is 8.62. The van der Waals surface area contributed by atoms with Gasteiger partial charge in [-0.15, -0.1) is 0 Å². The van der Waals surface area contributed by atoms with Crippen LogP contribution in [0.15, 0.2) is 30.9 Å². The zero-order valence-corrected chi connectivity index (χ0v) is 7.71. The fourth-order valence-corrected chi connectivity index (χ4v) is 1.35. The molecular weight excluding hydrogens is 178 g/mol. The Morgan fingerprint density at radius 3 is 2.93 bits per heavy atom. The monoisotopic (exact) mass is 187 g/mol. The fraction of sp³-hybridized carbons (Fsp3) is 0.100. The molecule has 0 aliphatic heterocycles. The molecule has 4 nitrogen and oxygen atoms in total. The number of carbonyl (C=O) groups excluding carboxylic acids is 1. The van der Waals surface area contributed by atoms with E-state index in [1.54, 1.807) is 17.1 Å². The summed E-state index contributed by atoms with van der Waals surface area (Å²) in [7, 11) is 0. The normalized spacial score (nSPS) is 10.1. The first-order valence-corrected chi connectivity index (χ1v) is 4.22. The Labute approximate surface area is 81.2 Å². The molecular formula is C10H9N3O. The highest BCUT2D eigenvalue weighted by molar-refractivity contribution is 5.78. The van der Waals surface area contributed by atoms with Gasteiger partial charge in [0.1, 0.15) is 18.9 Å². The molecule has 0 saturated carbocycles. The minimum atomic E-state index is 0.679. The number of nitrogens with zero attached hydrogens (tertiary/aromatic N) is 3. The summed E-state index contributed by atoms with van der Waals surface area (Å²) in [6, 6.07) is 5.51. The van der Waals surface area contributed by atoms with Crippen LogP contribution in [0.3, 0.4) is 0 Å². The smallest absolute Gasteiger partial charge is 0.150 e. The zero-order chi connectivity index (χ0) is 9.97. The van der Waals surface area contributed by atoms with Gasteiger partial charge in [-0.1, -0.05) is 12.1 Å². The topological polar surface area (TPSA) is 47.8 Å². The molecule has 0 atom stereocenters. The van der Waals surface area contributed by atoms with Crippen molar-refractivity contribution in [1.82, 2.24) is 14.8 Å². The highest BCUT2D eigenvalue weighted by Gasteiger charge is 2.04. The van der Waals surface area contributed by atoms with E-state index in [1.165, 1.54) is 6.33 Å². The van der Waals surface area contributed by atoms with Crippen LogP contribution in [0.4, 0.5) is 0 Å². The molecule has 0 bridgehead atoms. The molecule has 14 heavy (non-hydrogen) atoms. The summed E-state index contributed by atoms with van der Waals surface area (Å²) in [4.78, 5) is 14.6. The number of aromatic nitrogens is 3. The lowest BCUT2D eigenvalue weighted by Gasteiger charge is -2.06. The van der Waals surface area contributed by atoms with Gasteiger partial charge in [-0.3, -0.25) is 4.79 Å². The van der Waals surface area contributed by atoms with Crippen LogP contribution in [0.2, 0.25) is 0 Å². The minimum Gasteiger partial charge on any atom is -0.298 e. The summed E-state index contributed by atoms with van der Waals surface area (Å²) in [5.74, 6) is 0. The van der Waals surface area contributed by atoms with Crippen molar-refractivity contribution in [2.24, 2.45) is 0 Å². The van der Waals surface area contributed by atoms with Crippen molar-refractivity contribution < 1.29 is 4.79 Å². The number of benzene rings is 1. The van der Waals surface area contributed by atoms with Crippen LogP contribution in [0.25, 0.3) is 5.69 Å². The molecule has 0 unspecified atom stereocenters. The Kier molecular flexibility index (Phi) is 2.10. The van der Waals surface area contributed by atoms with E-state index in [4.69, 9.17) is 0 Å². The Morgan fingerprint density at radius 2 is 2.29 bits per heavy atom. The van der Waals surface area contributed by atoms with Gasteiger partial charge >= 0.3 is 0 Å². The summed E-state index contributed by atoms with van der Waals surface area (Å²) in [5.41, 5.74) is 2.47. The third kappa shape index (κ3) is 1.31. The van der Waals surface area contributed by atoms with E-state index in [2.05, 4.69) is 10.1 Å². The number of hydrogen-bond acceptors (Lipinski definition) is 3. The van der Waals surface area contributed by atoms with E-state index in [9.17, 15) is 4.79 Å². The average Bonchev–Trinajstić information content (AvgIpc) is 2.71. The molecule has 2 rings (SSSR count). The average molecular weight is 187 g/mol. The predicted molar refractivity (Wildman–Crippen MR) is 51.5 cm³/mol. The first-order valence-electron chi connectivity index (χ1n) is 4.22. The summed E-state index contributed by atoms with van der Waals surface area (Å²) in [6.07, 6.45) is 3.92. The summed E-state index contributed by atoms with van der Waals surface area (Å²) < 4.78 is 1.64. The van der Waals surface area contributed by atoms with Crippen molar-refractivity contribution in [1.29, 1.82) is 0 Å². The van der Waals surface area contributed by atoms with Crippen LogP contribution in [0.1, 0.15) is 15.9 Å². The quantitative estimate of drug-likeness (QED) is 0.667. The Balaban J connectivity index is 2.60. The summed E-state index contributed by atoms with van der Waals surface area (Å²) >= 11 is 0. The van der Waals surface area contributed by atoms with Gasteiger partial charge in [0.2, 0.25) is 0 Å². The van der Waals surface area contributed by atoms with Crippen molar-refractivity contribution in [2.45, 2.75) is 6.92 Å². The van der Waals surface area contributed by atoms with Gasteiger partial charge in [-0.05, 0) is 18.6 Å². The lowest BCUT2D eigenvalue weighted by Crippen LogP contribution is -1.99. The zero-order valence-electron chi connectivity index (χ0n) is 7.71. The molecule has 1 aromatic carbocycles. The van der Waals surface area contributed by atoms with Crippen LogP contribution in [-0.4, -0.2) is 21.1 Å². The van der Waals surface area contributed by atoms with E-state index in [0.717, 1.165) is 17.5 Å². The van der Waals surface area contributed by atoms with E-state index in [0.29, 0.717) is 5.56 Å². The van der Waals surface area contributed by atoms with Crippen LogP contribution in [0.5, 0.6) is 0 Å². The highest BCUT2D eigenvalue weighted by Crippen LogP contribution is 2.15. The molecule has 0 spiro atoms. The molecule has 70 valence electrons. The van der Waals surface area contributed by atoms with Gasteiger partial charge in [0.15, 0.2) is 0 Å². The first-order chi connectivity index (χ1) is 6.83. The van der Waals surface area contributed by atoms with E-state index >= 15 is 0 Å². The van der Waals surface area contributed by atoms with Crippen molar-refractivity contribution in [2.75, 3.05) is 0 Å². The molecule has 4 heteroatoms. The second kappa shape index (κ2) is 3.41. The maximum Gasteiger partial charge on any atom is 0.150 e. The SMILES string of the molecule is Cc1c(C=O)cccc1-n1cncn1. The second-order valence-corrected chi connectivity index (χ2v) is 2.95. The molecule has 0 aliphatic carbocycles. The Bertz CT molecular complexity index is 448. The maximum atomic E-state index is 10.7. The number of carbonyl (C=O) groups is 1. The Hall–Kier alpha value is -1.97. The lowest BCUT2D eigenvalue weighted by molar-refractivity contribution is 0.112. The van der Waals surface area contributed by atoms with Gasteiger partial charge < -0.3 is 0 Å². The molecule has 0 amide bonds. The number of aldehydes is 1. The second-order valence-electron chi connectivity index (χ2n) is 2.95. The van der Waals surface area contributed by atoms with E-state index in [1.807, 2.05) is 19.1 Å². The van der Waals surface area contributed by atoms with Crippen molar-refractivity contribution >= 4 is 6.29 Å². The molecule has 1 heterocycles. The van der Waals surface area contributed by atoms with Crippen LogP contribution in [0, 0.1) is 6.92 Å². The third-order valence-electron chi connectivity index (χ3n) is 2.14. The van der Waals surface area contributed by atoms with E-state index in [-0.39, 0.29) is 0 Å². The highest BCUT2D eigenvalue weighted by atomic mass is 16.1. The predicted octanol–water partition coefficient (Wildman–Crippen LogP) is 1.39. The van der Waals surface area contributed by atoms with Gasteiger partial charge in [-0.2, -0.15) is 5.10 Å². The van der Waals surface area contributed by atoms with Crippen LogP contribution < -0.4 is 0 Å². The largest absolute Gasteiger partial charge is 0.298 e.